The van der Waals surface area contributed by atoms with Crippen molar-refractivity contribution in [1.82, 2.24) is 35.3 Å². The number of aromatic nitrogens is 4. The van der Waals surface area contributed by atoms with Crippen LogP contribution in [0.2, 0.25) is 0 Å². The van der Waals surface area contributed by atoms with Gasteiger partial charge in [-0.25, -0.2) is 9.97 Å². The number of amides is 2. The monoisotopic (exact) mass is 616 g/mol. The Labute approximate surface area is 259 Å². The summed E-state index contributed by atoms with van der Waals surface area (Å²) in [6, 6.07) is 8.18. The number of carbonyl (C=O) groups is 3. The van der Waals surface area contributed by atoms with Crippen LogP contribution in [0.15, 0.2) is 42.6 Å². The summed E-state index contributed by atoms with van der Waals surface area (Å²) in [5.74, 6) is 1.05. The Hall–Kier alpha value is -4.20. The second-order valence-corrected chi connectivity index (χ2v) is 12.3. The minimum atomic E-state index is -0.305. The Balaban J connectivity index is 1.11. The Morgan fingerprint density at radius 2 is 1.86 bits per heavy atom. The van der Waals surface area contributed by atoms with Crippen molar-refractivity contribution in [2.24, 2.45) is 0 Å². The molecule has 44 heavy (non-hydrogen) atoms. The summed E-state index contributed by atoms with van der Waals surface area (Å²) >= 11 is 1.72. The number of thiophene rings is 1. The number of morpholine rings is 1. The van der Waals surface area contributed by atoms with Crippen molar-refractivity contribution < 1.29 is 19.1 Å². The van der Waals surface area contributed by atoms with Crippen molar-refractivity contribution >= 4 is 55.9 Å². The molecular weight excluding hydrogens is 580 g/mol. The van der Waals surface area contributed by atoms with Gasteiger partial charge in [-0.2, -0.15) is 5.10 Å². The number of carbonyl (C=O) groups excluding carboxylic acids is 3. The largest absolute Gasteiger partial charge is 0.378 e. The number of allylic oxidation sites excluding steroid dienone is 1. The number of ketones is 1. The van der Waals surface area contributed by atoms with Crippen molar-refractivity contribution in [3.8, 4) is 11.4 Å². The van der Waals surface area contributed by atoms with Crippen LogP contribution < -0.4 is 10.2 Å². The Kier molecular flexibility index (Phi) is 8.96. The molecular formula is C31H36N8O4S. The second kappa shape index (κ2) is 13.2. The summed E-state index contributed by atoms with van der Waals surface area (Å²) in [6.07, 6.45) is 1.98. The summed E-state index contributed by atoms with van der Waals surface area (Å²) in [5.41, 5.74) is 3.24. The highest BCUT2D eigenvalue weighted by atomic mass is 32.1. The molecule has 0 radical (unpaired) electrons. The van der Waals surface area contributed by atoms with Crippen LogP contribution in [0.5, 0.6) is 0 Å². The molecule has 2 fully saturated rings. The van der Waals surface area contributed by atoms with E-state index < -0.39 is 0 Å². The summed E-state index contributed by atoms with van der Waals surface area (Å²) in [4.78, 5) is 54.2. The van der Waals surface area contributed by atoms with Gasteiger partial charge in [0.2, 0.25) is 11.8 Å². The van der Waals surface area contributed by atoms with Crippen molar-refractivity contribution in [3.63, 3.8) is 0 Å². The number of anilines is 1. The van der Waals surface area contributed by atoms with Gasteiger partial charge in [0.1, 0.15) is 0 Å². The molecule has 0 unspecified atom stereocenters. The van der Waals surface area contributed by atoms with Crippen molar-refractivity contribution in [2.45, 2.75) is 26.3 Å². The van der Waals surface area contributed by atoms with Gasteiger partial charge in [-0.3, -0.25) is 24.4 Å². The van der Waals surface area contributed by atoms with E-state index in [9.17, 15) is 14.4 Å². The van der Waals surface area contributed by atoms with E-state index in [4.69, 9.17) is 14.7 Å². The lowest BCUT2D eigenvalue weighted by molar-refractivity contribution is -0.134. The maximum absolute atomic E-state index is 12.7. The molecule has 2 amide bonds. The van der Waals surface area contributed by atoms with Crippen LogP contribution in [0.25, 0.3) is 32.5 Å². The molecule has 2 aliphatic rings. The Bertz CT molecular complexity index is 1700. The first-order valence-corrected chi connectivity index (χ1v) is 15.7. The third-order valence-electron chi connectivity index (χ3n) is 8.04. The van der Waals surface area contributed by atoms with E-state index in [-0.39, 0.29) is 37.0 Å². The number of hydrogen-bond acceptors (Lipinski definition) is 10. The van der Waals surface area contributed by atoms with Gasteiger partial charge >= 0.3 is 0 Å². The quantitative estimate of drug-likeness (QED) is 0.258. The first-order valence-electron chi connectivity index (χ1n) is 14.9. The number of H-pyrrole nitrogens is 1. The lowest BCUT2D eigenvalue weighted by Gasteiger charge is -2.34. The van der Waals surface area contributed by atoms with Crippen LogP contribution in [0, 0.1) is 0 Å². The predicted octanol–water partition coefficient (Wildman–Crippen LogP) is 2.76. The van der Waals surface area contributed by atoms with Gasteiger partial charge in [-0.1, -0.05) is 18.7 Å². The second-order valence-electron chi connectivity index (χ2n) is 11.2. The summed E-state index contributed by atoms with van der Waals surface area (Å²) in [6.45, 7) is 11.4. The van der Waals surface area contributed by atoms with Gasteiger partial charge in [0.25, 0.3) is 0 Å². The van der Waals surface area contributed by atoms with Crippen LogP contribution >= 0.6 is 11.3 Å². The molecule has 12 nitrogen and oxygen atoms in total. The molecule has 1 aromatic carbocycles. The third-order valence-corrected chi connectivity index (χ3v) is 9.14. The average molecular weight is 617 g/mol. The van der Waals surface area contributed by atoms with E-state index in [0.717, 1.165) is 65.2 Å². The minimum Gasteiger partial charge on any atom is -0.378 e. The molecule has 0 spiro atoms. The summed E-state index contributed by atoms with van der Waals surface area (Å²) < 4.78 is 6.69. The van der Waals surface area contributed by atoms with E-state index in [2.05, 4.69) is 38.0 Å². The fraction of sp³-hybridized carbons (Fsp3) is 0.419. The first-order chi connectivity index (χ1) is 21.4. The number of ether oxygens (including phenoxy) is 1. The molecule has 4 aromatic rings. The number of Topliss-reactive ketones (excluding diaryl/α,β-unsaturated/α-hetero) is 1. The molecule has 2 aliphatic heterocycles. The number of aromatic amines is 1. The van der Waals surface area contributed by atoms with Crippen LogP contribution in [0.1, 0.15) is 24.6 Å². The zero-order chi connectivity index (χ0) is 30.6. The van der Waals surface area contributed by atoms with Crippen LogP contribution in [-0.4, -0.2) is 107 Å². The number of nitrogens with zero attached hydrogens (tertiary/aromatic N) is 6. The van der Waals surface area contributed by atoms with Crippen molar-refractivity contribution in [1.29, 1.82) is 0 Å². The third kappa shape index (κ3) is 6.64. The number of nitrogens with one attached hydrogen (secondary N) is 2. The standard InChI is InChI=1S/C31H36N8O4S/c1-20(2)26(40)6-7-27(41)32-18-28(42)38-10-8-37(9-11-38)19-21-16-25-29(44-21)31(39-12-14-43-15-13-39)35-30(34-25)22-4-3-5-24-23(22)17-33-36-24/h3-5,16-17H,1,6-15,18-19H2,2H3,(H,32,41)(H,33,36). The van der Waals surface area contributed by atoms with Gasteiger partial charge in [0.15, 0.2) is 17.4 Å². The molecule has 2 saturated heterocycles. The van der Waals surface area contributed by atoms with E-state index >= 15 is 0 Å². The van der Waals surface area contributed by atoms with E-state index in [1.54, 1.807) is 23.2 Å². The lowest BCUT2D eigenvalue weighted by Crippen LogP contribution is -2.50. The van der Waals surface area contributed by atoms with Gasteiger partial charge < -0.3 is 19.9 Å². The molecule has 5 heterocycles. The average Bonchev–Trinajstić information content (AvgIpc) is 3.69. The van der Waals surface area contributed by atoms with E-state index in [1.807, 2.05) is 24.4 Å². The van der Waals surface area contributed by atoms with E-state index in [1.165, 1.54) is 4.88 Å². The fourth-order valence-electron chi connectivity index (χ4n) is 5.51. The highest BCUT2D eigenvalue weighted by Gasteiger charge is 2.24. The highest BCUT2D eigenvalue weighted by molar-refractivity contribution is 7.19. The zero-order valence-electron chi connectivity index (χ0n) is 24.8. The van der Waals surface area contributed by atoms with Crippen LogP contribution in [-0.2, 0) is 25.7 Å². The molecule has 13 heteroatoms. The lowest BCUT2D eigenvalue weighted by atomic mass is 10.1. The minimum absolute atomic E-state index is 0.0556. The van der Waals surface area contributed by atoms with Crippen molar-refractivity contribution in [3.05, 3.63) is 47.5 Å². The number of piperazine rings is 1. The number of benzene rings is 1. The summed E-state index contributed by atoms with van der Waals surface area (Å²) in [5, 5.41) is 10.9. The molecule has 0 aliphatic carbocycles. The molecule has 0 bridgehead atoms. The first kappa shape index (κ1) is 29.9. The van der Waals surface area contributed by atoms with Crippen LogP contribution in [0.4, 0.5) is 5.82 Å². The molecule has 0 atom stereocenters. The topological polar surface area (TPSA) is 137 Å². The summed E-state index contributed by atoms with van der Waals surface area (Å²) in [7, 11) is 0. The normalized spacial score (nSPS) is 16.0. The van der Waals surface area contributed by atoms with Crippen molar-refractivity contribution in [2.75, 3.05) is 63.9 Å². The Morgan fingerprint density at radius 1 is 1.07 bits per heavy atom. The molecule has 2 N–H and O–H groups in total. The van der Waals surface area contributed by atoms with Gasteiger partial charge in [0.05, 0.1) is 41.7 Å². The SMILES string of the molecule is C=C(C)C(=O)CCC(=O)NCC(=O)N1CCN(Cc2cc3nc(-c4cccc5[nH]ncc45)nc(N4CCOCC4)c3s2)CC1. The molecule has 230 valence electrons. The van der Waals surface area contributed by atoms with Gasteiger partial charge in [0, 0.05) is 74.5 Å². The van der Waals surface area contributed by atoms with Gasteiger partial charge in [-0.15, -0.1) is 11.3 Å². The number of hydrogen-bond donors (Lipinski definition) is 2. The molecule has 6 rings (SSSR count). The predicted molar refractivity (Wildman–Crippen MR) is 169 cm³/mol. The number of rotatable bonds is 10. The maximum atomic E-state index is 12.7. The number of fused-ring (bicyclic) bond motifs is 2. The maximum Gasteiger partial charge on any atom is 0.242 e. The zero-order valence-corrected chi connectivity index (χ0v) is 25.6. The smallest absolute Gasteiger partial charge is 0.242 e. The van der Waals surface area contributed by atoms with Gasteiger partial charge in [-0.05, 0) is 24.6 Å². The van der Waals surface area contributed by atoms with Crippen LogP contribution in [0.3, 0.4) is 0 Å². The highest BCUT2D eigenvalue weighted by Crippen LogP contribution is 2.36. The molecule has 0 saturated carbocycles. The fourth-order valence-corrected chi connectivity index (χ4v) is 6.66. The molecule has 3 aromatic heterocycles. The van der Waals surface area contributed by atoms with E-state index in [0.29, 0.717) is 37.7 Å². The Morgan fingerprint density at radius 3 is 2.64 bits per heavy atom.